The maximum Gasteiger partial charge on any atom is 0.258 e. The van der Waals surface area contributed by atoms with Crippen molar-refractivity contribution in [1.29, 1.82) is 0 Å². The van der Waals surface area contributed by atoms with E-state index in [2.05, 4.69) is 11.9 Å². The Bertz CT molecular complexity index is 782. The third kappa shape index (κ3) is 3.34. The fraction of sp³-hybridized carbons (Fsp3) is 0.158. The highest BCUT2D eigenvalue weighted by molar-refractivity contribution is 6.30. The first-order valence-corrected chi connectivity index (χ1v) is 8.05. The molecule has 2 aromatic carbocycles. The summed E-state index contributed by atoms with van der Waals surface area (Å²) in [6.07, 6.45) is 0.222. The van der Waals surface area contributed by atoms with E-state index in [-0.39, 0.29) is 18.2 Å². The first-order chi connectivity index (χ1) is 11.6. The highest BCUT2D eigenvalue weighted by Crippen LogP contribution is 2.30. The lowest BCUT2D eigenvalue weighted by atomic mass is 10.1. The standard InChI is InChI=1S/C19H17ClN2O2/c1-13-16-7-2-3-8-17(16)19(24)22(13)10-9-18(23)21-12-14-5-4-6-15(20)11-14/h2-8,11H,1,9-10,12H2,(H,21,23). The van der Waals surface area contributed by atoms with E-state index < -0.39 is 0 Å². The number of nitrogens with one attached hydrogen (secondary N) is 1. The highest BCUT2D eigenvalue weighted by atomic mass is 35.5. The molecule has 0 aromatic heterocycles. The van der Waals surface area contributed by atoms with Gasteiger partial charge in [-0.25, -0.2) is 0 Å². The first kappa shape index (κ1) is 16.3. The summed E-state index contributed by atoms with van der Waals surface area (Å²) < 4.78 is 0. The van der Waals surface area contributed by atoms with Crippen LogP contribution in [-0.2, 0) is 11.3 Å². The molecule has 4 nitrogen and oxygen atoms in total. The minimum atomic E-state index is -0.119. The molecule has 122 valence electrons. The van der Waals surface area contributed by atoms with Crippen LogP contribution in [0.25, 0.3) is 5.70 Å². The van der Waals surface area contributed by atoms with Crippen molar-refractivity contribution in [1.82, 2.24) is 10.2 Å². The van der Waals surface area contributed by atoms with Gasteiger partial charge in [0.05, 0.1) is 0 Å². The Labute approximate surface area is 145 Å². The molecule has 0 radical (unpaired) electrons. The number of fused-ring (bicyclic) bond motifs is 1. The van der Waals surface area contributed by atoms with Gasteiger partial charge in [-0.15, -0.1) is 0 Å². The van der Waals surface area contributed by atoms with E-state index in [0.29, 0.717) is 29.4 Å². The van der Waals surface area contributed by atoms with Crippen molar-refractivity contribution in [2.24, 2.45) is 0 Å². The Morgan fingerprint density at radius 1 is 1.12 bits per heavy atom. The van der Waals surface area contributed by atoms with Crippen molar-refractivity contribution in [2.75, 3.05) is 6.54 Å². The van der Waals surface area contributed by atoms with Gasteiger partial charge >= 0.3 is 0 Å². The average molecular weight is 341 g/mol. The van der Waals surface area contributed by atoms with Gasteiger partial charge in [-0.2, -0.15) is 0 Å². The topological polar surface area (TPSA) is 49.4 Å². The van der Waals surface area contributed by atoms with E-state index in [4.69, 9.17) is 11.6 Å². The van der Waals surface area contributed by atoms with Crippen LogP contribution >= 0.6 is 11.6 Å². The third-order valence-corrected chi connectivity index (χ3v) is 4.22. The summed E-state index contributed by atoms with van der Waals surface area (Å²) in [7, 11) is 0. The second-order valence-electron chi connectivity index (χ2n) is 5.61. The summed E-state index contributed by atoms with van der Waals surface area (Å²) in [5.74, 6) is -0.218. The highest BCUT2D eigenvalue weighted by Gasteiger charge is 2.30. The van der Waals surface area contributed by atoms with Gasteiger partial charge in [0.1, 0.15) is 0 Å². The van der Waals surface area contributed by atoms with Gasteiger partial charge in [0.2, 0.25) is 5.91 Å². The number of nitrogens with zero attached hydrogens (tertiary/aromatic N) is 1. The maximum atomic E-state index is 12.4. The molecular weight excluding hydrogens is 324 g/mol. The predicted octanol–water partition coefficient (Wildman–Crippen LogP) is 3.47. The minimum absolute atomic E-state index is 0.0989. The van der Waals surface area contributed by atoms with Gasteiger partial charge in [0.15, 0.2) is 0 Å². The van der Waals surface area contributed by atoms with Crippen molar-refractivity contribution in [3.8, 4) is 0 Å². The fourth-order valence-electron chi connectivity index (χ4n) is 2.72. The number of carbonyl (C=O) groups is 2. The zero-order valence-electron chi connectivity index (χ0n) is 13.1. The van der Waals surface area contributed by atoms with Crippen LogP contribution in [0.15, 0.2) is 55.1 Å². The summed E-state index contributed by atoms with van der Waals surface area (Å²) in [4.78, 5) is 25.9. The van der Waals surface area contributed by atoms with Crippen LogP contribution in [0.2, 0.25) is 5.02 Å². The second-order valence-corrected chi connectivity index (χ2v) is 6.04. The van der Waals surface area contributed by atoms with Gasteiger partial charge in [0, 0.05) is 41.4 Å². The summed E-state index contributed by atoms with van der Waals surface area (Å²) in [5, 5.41) is 3.47. The van der Waals surface area contributed by atoms with Crippen LogP contribution in [0.4, 0.5) is 0 Å². The molecule has 2 aromatic rings. The van der Waals surface area contributed by atoms with E-state index in [1.165, 1.54) is 0 Å². The fourth-order valence-corrected chi connectivity index (χ4v) is 2.93. The van der Waals surface area contributed by atoms with Crippen molar-refractivity contribution in [3.05, 3.63) is 76.8 Å². The Morgan fingerprint density at radius 3 is 2.58 bits per heavy atom. The number of halogens is 1. The number of rotatable bonds is 5. The lowest BCUT2D eigenvalue weighted by molar-refractivity contribution is -0.121. The zero-order chi connectivity index (χ0) is 17.1. The minimum Gasteiger partial charge on any atom is -0.352 e. The Kier molecular flexibility index (Phi) is 4.67. The molecule has 0 bridgehead atoms. The van der Waals surface area contributed by atoms with Gasteiger partial charge < -0.3 is 10.2 Å². The molecule has 1 heterocycles. The molecule has 0 saturated carbocycles. The predicted molar refractivity (Wildman–Crippen MR) is 94.4 cm³/mol. The molecule has 24 heavy (non-hydrogen) atoms. The molecule has 1 aliphatic rings. The van der Waals surface area contributed by atoms with Crippen molar-refractivity contribution >= 4 is 29.1 Å². The van der Waals surface area contributed by atoms with E-state index in [1.54, 1.807) is 17.0 Å². The van der Waals surface area contributed by atoms with Crippen LogP contribution < -0.4 is 5.32 Å². The third-order valence-electron chi connectivity index (χ3n) is 3.98. The van der Waals surface area contributed by atoms with Crippen molar-refractivity contribution in [3.63, 3.8) is 0 Å². The average Bonchev–Trinajstić information content (AvgIpc) is 2.83. The van der Waals surface area contributed by atoms with Gasteiger partial charge in [-0.1, -0.05) is 48.5 Å². The van der Waals surface area contributed by atoms with Gasteiger partial charge in [-0.3, -0.25) is 9.59 Å². The largest absolute Gasteiger partial charge is 0.352 e. The molecule has 0 saturated heterocycles. The molecule has 0 unspecified atom stereocenters. The number of benzene rings is 2. The maximum absolute atomic E-state index is 12.4. The number of carbonyl (C=O) groups excluding carboxylic acids is 2. The normalized spacial score (nSPS) is 13.1. The van der Waals surface area contributed by atoms with Crippen molar-refractivity contribution < 1.29 is 9.59 Å². The van der Waals surface area contributed by atoms with Crippen molar-refractivity contribution in [2.45, 2.75) is 13.0 Å². The lowest BCUT2D eigenvalue weighted by Crippen LogP contribution is -2.30. The van der Waals surface area contributed by atoms with Crippen LogP contribution in [0.1, 0.15) is 27.9 Å². The summed E-state index contributed by atoms with van der Waals surface area (Å²) >= 11 is 5.92. The molecule has 0 spiro atoms. The summed E-state index contributed by atoms with van der Waals surface area (Å²) in [6.45, 7) is 4.69. The number of hydrogen-bond donors (Lipinski definition) is 1. The lowest BCUT2D eigenvalue weighted by Gasteiger charge is -2.17. The molecule has 1 aliphatic heterocycles. The van der Waals surface area contributed by atoms with E-state index >= 15 is 0 Å². The molecule has 0 aliphatic carbocycles. The Hall–Kier alpha value is -2.59. The monoisotopic (exact) mass is 340 g/mol. The molecule has 0 atom stereocenters. The molecule has 3 rings (SSSR count). The smallest absolute Gasteiger partial charge is 0.258 e. The molecule has 0 fully saturated rings. The zero-order valence-corrected chi connectivity index (χ0v) is 13.8. The van der Waals surface area contributed by atoms with Crippen LogP contribution in [0.3, 0.4) is 0 Å². The SMILES string of the molecule is C=C1c2ccccc2C(=O)N1CCC(=O)NCc1cccc(Cl)c1. The van der Waals surface area contributed by atoms with Crippen LogP contribution in [0.5, 0.6) is 0 Å². The summed E-state index contributed by atoms with van der Waals surface area (Å²) in [6, 6.07) is 14.7. The van der Waals surface area contributed by atoms with E-state index in [0.717, 1.165) is 11.1 Å². The first-order valence-electron chi connectivity index (χ1n) is 7.67. The second kappa shape index (κ2) is 6.89. The Morgan fingerprint density at radius 2 is 1.88 bits per heavy atom. The molecular formula is C19H17ClN2O2. The quantitative estimate of drug-likeness (QED) is 0.906. The molecule has 1 N–H and O–H groups in total. The number of hydrogen-bond acceptors (Lipinski definition) is 2. The van der Waals surface area contributed by atoms with E-state index in [1.807, 2.05) is 36.4 Å². The number of amides is 2. The van der Waals surface area contributed by atoms with Gasteiger partial charge in [0.25, 0.3) is 5.91 Å². The van der Waals surface area contributed by atoms with E-state index in [9.17, 15) is 9.59 Å². The summed E-state index contributed by atoms with van der Waals surface area (Å²) in [5.41, 5.74) is 3.06. The Balaban J connectivity index is 1.54. The van der Waals surface area contributed by atoms with Crippen LogP contribution in [0, 0.1) is 0 Å². The molecule has 5 heteroatoms. The molecule has 2 amide bonds. The van der Waals surface area contributed by atoms with Crippen LogP contribution in [-0.4, -0.2) is 23.3 Å². The van der Waals surface area contributed by atoms with Gasteiger partial charge in [-0.05, 0) is 23.8 Å².